The van der Waals surface area contributed by atoms with E-state index in [-0.39, 0.29) is 12.5 Å². The number of carbonyl (C=O) groups is 1. The van der Waals surface area contributed by atoms with Gasteiger partial charge in [-0.25, -0.2) is 0 Å². The van der Waals surface area contributed by atoms with Gasteiger partial charge in [-0.2, -0.15) is 0 Å². The highest BCUT2D eigenvalue weighted by atomic mass is 16.5. The Morgan fingerprint density at radius 2 is 2.05 bits per heavy atom. The summed E-state index contributed by atoms with van der Waals surface area (Å²) in [7, 11) is 3.91. The van der Waals surface area contributed by atoms with Crippen molar-refractivity contribution in [2.24, 2.45) is 5.73 Å². The number of rotatable bonds is 8. The van der Waals surface area contributed by atoms with E-state index in [2.05, 4.69) is 5.32 Å². The van der Waals surface area contributed by atoms with E-state index in [1.54, 1.807) is 0 Å². The quantitative estimate of drug-likeness (QED) is 0.705. The van der Waals surface area contributed by atoms with Gasteiger partial charge in [0.1, 0.15) is 6.04 Å². The van der Waals surface area contributed by atoms with Gasteiger partial charge in [0.05, 0.1) is 13.2 Å². The van der Waals surface area contributed by atoms with E-state index in [4.69, 9.17) is 10.5 Å². The molecule has 0 aliphatic rings. The summed E-state index contributed by atoms with van der Waals surface area (Å²) < 4.78 is 5.43. The zero-order valence-corrected chi connectivity index (χ0v) is 11.6. The maximum Gasteiger partial charge on any atom is 0.239 e. The second-order valence-corrected chi connectivity index (χ2v) is 4.70. The van der Waals surface area contributed by atoms with Gasteiger partial charge >= 0.3 is 0 Å². The van der Waals surface area contributed by atoms with Crippen LogP contribution in [0.1, 0.15) is 5.56 Å². The van der Waals surface area contributed by atoms with Crippen LogP contribution in [-0.2, 0) is 16.1 Å². The highest BCUT2D eigenvalue weighted by Crippen LogP contribution is 2.00. The molecule has 0 fully saturated rings. The highest BCUT2D eigenvalue weighted by Gasteiger charge is 2.12. The van der Waals surface area contributed by atoms with Crippen LogP contribution < -0.4 is 11.1 Å². The SMILES string of the molecule is CN(C)CCNC(=O)[C@H](N)COCc1ccccc1. The average molecular weight is 265 g/mol. The Kier molecular flexibility index (Phi) is 7.10. The summed E-state index contributed by atoms with van der Waals surface area (Å²) in [5.74, 6) is -0.171. The van der Waals surface area contributed by atoms with Crippen molar-refractivity contribution < 1.29 is 9.53 Å². The number of amides is 1. The Morgan fingerprint density at radius 1 is 1.37 bits per heavy atom. The standard InChI is InChI=1S/C14H23N3O2/c1-17(2)9-8-16-14(18)13(15)11-19-10-12-6-4-3-5-7-12/h3-7,13H,8-11,15H2,1-2H3,(H,16,18)/t13-/m1/s1. The number of nitrogens with one attached hydrogen (secondary N) is 1. The Hall–Kier alpha value is -1.43. The third kappa shape index (κ3) is 6.91. The second-order valence-electron chi connectivity index (χ2n) is 4.70. The number of hydrogen-bond acceptors (Lipinski definition) is 4. The van der Waals surface area contributed by atoms with Crippen molar-refractivity contribution in [3.05, 3.63) is 35.9 Å². The van der Waals surface area contributed by atoms with Crippen LogP contribution >= 0.6 is 0 Å². The van der Waals surface area contributed by atoms with Crippen molar-refractivity contribution >= 4 is 5.91 Å². The maximum atomic E-state index is 11.6. The van der Waals surface area contributed by atoms with E-state index >= 15 is 0 Å². The van der Waals surface area contributed by atoms with Gasteiger partial charge in [-0.1, -0.05) is 30.3 Å². The molecular weight excluding hydrogens is 242 g/mol. The van der Waals surface area contributed by atoms with E-state index in [9.17, 15) is 4.79 Å². The molecule has 1 amide bonds. The van der Waals surface area contributed by atoms with Gasteiger partial charge in [0.25, 0.3) is 0 Å². The van der Waals surface area contributed by atoms with Gasteiger partial charge in [-0.05, 0) is 19.7 Å². The summed E-state index contributed by atoms with van der Waals surface area (Å²) in [6.45, 7) is 2.09. The molecule has 0 saturated carbocycles. The molecule has 0 aliphatic heterocycles. The summed E-state index contributed by atoms with van der Waals surface area (Å²) in [5, 5.41) is 2.78. The van der Waals surface area contributed by atoms with E-state index in [1.165, 1.54) is 0 Å². The molecule has 0 aromatic heterocycles. The van der Waals surface area contributed by atoms with Crippen molar-refractivity contribution in [3.8, 4) is 0 Å². The van der Waals surface area contributed by atoms with Gasteiger partial charge in [0.2, 0.25) is 5.91 Å². The topological polar surface area (TPSA) is 67.6 Å². The Morgan fingerprint density at radius 3 is 2.68 bits per heavy atom. The van der Waals surface area contributed by atoms with Gasteiger partial charge in [-0.3, -0.25) is 4.79 Å². The summed E-state index contributed by atoms with van der Waals surface area (Å²) in [5.41, 5.74) is 6.82. The molecular formula is C14H23N3O2. The van der Waals surface area contributed by atoms with Crippen LogP contribution in [-0.4, -0.2) is 50.6 Å². The molecule has 1 rings (SSSR count). The minimum atomic E-state index is -0.620. The number of ether oxygens (including phenoxy) is 1. The van der Waals surface area contributed by atoms with Crippen LogP contribution in [0, 0.1) is 0 Å². The van der Waals surface area contributed by atoms with Gasteiger partial charge in [0.15, 0.2) is 0 Å². The van der Waals surface area contributed by atoms with Crippen LogP contribution in [0.4, 0.5) is 0 Å². The molecule has 1 aromatic rings. The van der Waals surface area contributed by atoms with Crippen molar-refractivity contribution in [2.45, 2.75) is 12.6 Å². The fraction of sp³-hybridized carbons (Fsp3) is 0.500. The molecule has 0 radical (unpaired) electrons. The highest BCUT2D eigenvalue weighted by molar-refractivity contribution is 5.81. The number of nitrogens with zero attached hydrogens (tertiary/aromatic N) is 1. The fourth-order valence-electron chi connectivity index (χ4n) is 1.49. The molecule has 1 aromatic carbocycles. The van der Waals surface area contributed by atoms with Gasteiger partial charge in [-0.15, -0.1) is 0 Å². The van der Waals surface area contributed by atoms with Gasteiger partial charge < -0.3 is 20.7 Å². The predicted molar refractivity (Wildman–Crippen MR) is 75.6 cm³/mol. The van der Waals surface area contributed by atoms with Crippen molar-refractivity contribution in [2.75, 3.05) is 33.8 Å². The van der Waals surface area contributed by atoms with Crippen molar-refractivity contribution in [1.82, 2.24) is 10.2 Å². The molecule has 0 saturated heterocycles. The molecule has 106 valence electrons. The summed E-state index contributed by atoms with van der Waals surface area (Å²) >= 11 is 0. The first-order chi connectivity index (χ1) is 9.09. The Bertz CT molecular complexity index is 368. The molecule has 0 heterocycles. The van der Waals surface area contributed by atoms with Crippen LogP contribution in [0.3, 0.4) is 0 Å². The molecule has 5 heteroatoms. The van der Waals surface area contributed by atoms with Crippen molar-refractivity contribution in [1.29, 1.82) is 0 Å². The molecule has 3 N–H and O–H groups in total. The molecule has 0 aliphatic carbocycles. The first kappa shape index (κ1) is 15.6. The molecule has 0 unspecified atom stereocenters. The lowest BCUT2D eigenvalue weighted by Gasteiger charge is -2.14. The third-order valence-electron chi connectivity index (χ3n) is 2.60. The normalized spacial score (nSPS) is 12.4. The minimum Gasteiger partial charge on any atom is -0.375 e. The van der Waals surface area contributed by atoms with E-state index in [1.807, 2.05) is 49.3 Å². The lowest BCUT2D eigenvalue weighted by molar-refractivity contribution is -0.123. The zero-order chi connectivity index (χ0) is 14.1. The van der Waals surface area contributed by atoms with Crippen molar-refractivity contribution in [3.63, 3.8) is 0 Å². The second kappa shape index (κ2) is 8.63. The largest absolute Gasteiger partial charge is 0.375 e. The number of likely N-dealkylation sites (N-methyl/N-ethyl adjacent to an activating group) is 1. The first-order valence-electron chi connectivity index (χ1n) is 6.39. The maximum absolute atomic E-state index is 11.6. The smallest absolute Gasteiger partial charge is 0.239 e. The lowest BCUT2D eigenvalue weighted by atomic mass is 10.2. The molecule has 0 bridgehead atoms. The lowest BCUT2D eigenvalue weighted by Crippen LogP contribution is -2.45. The summed E-state index contributed by atoms with van der Waals surface area (Å²) in [6, 6.07) is 9.18. The first-order valence-corrected chi connectivity index (χ1v) is 6.39. The Balaban J connectivity index is 2.16. The zero-order valence-electron chi connectivity index (χ0n) is 11.6. The fourth-order valence-corrected chi connectivity index (χ4v) is 1.49. The Labute approximate surface area is 114 Å². The number of hydrogen-bond donors (Lipinski definition) is 2. The van der Waals surface area contributed by atoms with Crippen LogP contribution in [0.5, 0.6) is 0 Å². The monoisotopic (exact) mass is 265 g/mol. The van der Waals surface area contributed by atoms with E-state index < -0.39 is 6.04 Å². The molecule has 19 heavy (non-hydrogen) atoms. The van der Waals surface area contributed by atoms with E-state index in [0.29, 0.717) is 13.2 Å². The molecule has 1 atom stereocenters. The third-order valence-corrected chi connectivity index (χ3v) is 2.60. The summed E-state index contributed by atoms with van der Waals surface area (Å²) in [6.07, 6.45) is 0. The number of nitrogens with two attached hydrogens (primary N) is 1. The average Bonchev–Trinajstić information content (AvgIpc) is 2.39. The minimum absolute atomic E-state index is 0.171. The van der Waals surface area contributed by atoms with Crippen LogP contribution in [0.2, 0.25) is 0 Å². The predicted octanol–water partition coefficient (Wildman–Crippen LogP) is 0.208. The molecule has 5 nitrogen and oxygen atoms in total. The van der Waals surface area contributed by atoms with Crippen LogP contribution in [0.25, 0.3) is 0 Å². The number of benzene rings is 1. The molecule has 0 spiro atoms. The van der Waals surface area contributed by atoms with Gasteiger partial charge in [0, 0.05) is 13.1 Å². The number of carbonyl (C=O) groups excluding carboxylic acids is 1. The summed E-state index contributed by atoms with van der Waals surface area (Å²) in [4.78, 5) is 13.6. The van der Waals surface area contributed by atoms with Crippen LogP contribution in [0.15, 0.2) is 30.3 Å². The van der Waals surface area contributed by atoms with E-state index in [0.717, 1.165) is 12.1 Å².